The van der Waals surface area contributed by atoms with Gasteiger partial charge in [0.15, 0.2) is 11.5 Å². The van der Waals surface area contributed by atoms with Crippen molar-refractivity contribution in [3.63, 3.8) is 0 Å². The number of pyridine rings is 1. The molecule has 0 radical (unpaired) electrons. The Morgan fingerprint density at radius 2 is 2.35 bits per heavy atom. The molecule has 0 fully saturated rings. The molecule has 86 valence electrons. The van der Waals surface area contributed by atoms with Crippen molar-refractivity contribution < 1.29 is 0 Å². The standard InChI is InChI=1S/C9H10N8/c1-6-3-2-4-8-11-9(14-17(6)8)10-5-7-12-15-16-13-7/h2-4H,5H2,1H3,(H,10,14)(H,12,13,15,16). The molecule has 0 aliphatic heterocycles. The fourth-order valence-electron chi connectivity index (χ4n) is 1.53. The van der Waals surface area contributed by atoms with Crippen LogP contribution in [-0.4, -0.2) is 35.2 Å². The highest BCUT2D eigenvalue weighted by molar-refractivity contribution is 5.44. The predicted octanol–water partition coefficient (Wildman–Crippen LogP) is 0.163. The summed E-state index contributed by atoms with van der Waals surface area (Å²) in [6.07, 6.45) is 0. The fraction of sp³-hybridized carbons (Fsp3) is 0.222. The second-order valence-corrected chi connectivity index (χ2v) is 3.55. The van der Waals surface area contributed by atoms with E-state index in [-0.39, 0.29) is 0 Å². The van der Waals surface area contributed by atoms with Gasteiger partial charge in [-0.1, -0.05) is 11.3 Å². The summed E-state index contributed by atoms with van der Waals surface area (Å²) in [5, 5.41) is 20.9. The maximum absolute atomic E-state index is 4.33. The van der Waals surface area contributed by atoms with Gasteiger partial charge in [-0.05, 0) is 19.1 Å². The minimum atomic E-state index is 0.437. The van der Waals surface area contributed by atoms with E-state index >= 15 is 0 Å². The molecule has 0 aliphatic carbocycles. The third-order valence-electron chi connectivity index (χ3n) is 2.34. The lowest BCUT2D eigenvalue weighted by atomic mass is 10.4. The Hall–Kier alpha value is -2.51. The largest absolute Gasteiger partial charge is 0.345 e. The first-order valence-corrected chi connectivity index (χ1v) is 5.11. The molecule has 3 heterocycles. The number of hydrogen-bond donors (Lipinski definition) is 2. The first-order valence-electron chi connectivity index (χ1n) is 5.11. The van der Waals surface area contributed by atoms with Crippen LogP contribution in [0.3, 0.4) is 0 Å². The van der Waals surface area contributed by atoms with Crippen LogP contribution in [0.4, 0.5) is 5.95 Å². The molecule has 0 aromatic carbocycles. The zero-order valence-electron chi connectivity index (χ0n) is 9.12. The maximum Gasteiger partial charge on any atom is 0.243 e. The molecule has 3 aromatic heterocycles. The van der Waals surface area contributed by atoms with Crippen molar-refractivity contribution in [2.24, 2.45) is 0 Å². The van der Waals surface area contributed by atoms with Gasteiger partial charge in [-0.3, -0.25) is 0 Å². The highest BCUT2D eigenvalue weighted by atomic mass is 15.5. The van der Waals surface area contributed by atoms with Gasteiger partial charge in [0.05, 0.1) is 6.54 Å². The number of aryl methyl sites for hydroxylation is 1. The fourth-order valence-corrected chi connectivity index (χ4v) is 1.53. The van der Waals surface area contributed by atoms with Crippen LogP contribution in [0.1, 0.15) is 11.5 Å². The monoisotopic (exact) mass is 230 g/mol. The van der Waals surface area contributed by atoms with Crippen molar-refractivity contribution >= 4 is 11.6 Å². The Morgan fingerprint density at radius 3 is 3.12 bits per heavy atom. The summed E-state index contributed by atoms with van der Waals surface area (Å²) in [4.78, 5) is 4.33. The summed E-state index contributed by atoms with van der Waals surface area (Å²) in [6.45, 7) is 2.41. The number of tetrazole rings is 1. The highest BCUT2D eigenvalue weighted by Crippen LogP contribution is 2.08. The lowest BCUT2D eigenvalue weighted by Crippen LogP contribution is -2.03. The zero-order chi connectivity index (χ0) is 11.7. The van der Waals surface area contributed by atoms with E-state index in [0.29, 0.717) is 18.3 Å². The first kappa shape index (κ1) is 9.70. The summed E-state index contributed by atoms with van der Waals surface area (Å²) >= 11 is 0. The Bertz CT molecular complexity index is 626. The van der Waals surface area contributed by atoms with Crippen LogP contribution in [0.2, 0.25) is 0 Å². The van der Waals surface area contributed by atoms with Gasteiger partial charge < -0.3 is 5.32 Å². The summed E-state index contributed by atoms with van der Waals surface area (Å²) in [5.41, 5.74) is 1.84. The average Bonchev–Trinajstić information content (AvgIpc) is 2.95. The van der Waals surface area contributed by atoms with Crippen molar-refractivity contribution in [3.05, 3.63) is 29.7 Å². The predicted molar refractivity (Wildman–Crippen MR) is 59.2 cm³/mol. The number of aromatic amines is 1. The molecule has 0 amide bonds. The second-order valence-electron chi connectivity index (χ2n) is 3.55. The lowest BCUT2D eigenvalue weighted by Gasteiger charge is -1.95. The van der Waals surface area contributed by atoms with Crippen molar-refractivity contribution in [3.8, 4) is 0 Å². The van der Waals surface area contributed by atoms with E-state index in [1.807, 2.05) is 25.1 Å². The van der Waals surface area contributed by atoms with E-state index in [0.717, 1.165) is 11.3 Å². The molecule has 0 aliphatic rings. The molecule has 0 unspecified atom stereocenters. The Labute approximate surface area is 96.1 Å². The van der Waals surface area contributed by atoms with Gasteiger partial charge in [0, 0.05) is 5.69 Å². The average molecular weight is 230 g/mol. The molecule has 0 saturated carbocycles. The van der Waals surface area contributed by atoms with E-state index < -0.39 is 0 Å². The summed E-state index contributed by atoms with van der Waals surface area (Å²) < 4.78 is 1.78. The van der Waals surface area contributed by atoms with Gasteiger partial charge >= 0.3 is 0 Å². The summed E-state index contributed by atoms with van der Waals surface area (Å²) in [5.74, 6) is 1.12. The van der Waals surface area contributed by atoms with Crippen molar-refractivity contribution in [1.82, 2.24) is 35.2 Å². The highest BCUT2D eigenvalue weighted by Gasteiger charge is 2.05. The molecule has 8 nitrogen and oxygen atoms in total. The van der Waals surface area contributed by atoms with Gasteiger partial charge in [0.1, 0.15) is 0 Å². The van der Waals surface area contributed by atoms with Crippen LogP contribution >= 0.6 is 0 Å². The van der Waals surface area contributed by atoms with Gasteiger partial charge in [0.2, 0.25) is 5.95 Å². The third kappa shape index (κ3) is 1.80. The van der Waals surface area contributed by atoms with Gasteiger partial charge in [0.25, 0.3) is 0 Å². The molecule has 3 aromatic rings. The molecule has 17 heavy (non-hydrogen) atoms. The number of anilines is 1. The molecular formula is C9H10N8. The molecule has 3 rings (SSSR count). The van der Waals surface area contributed by atoms with Crippen LogP contribution in [0.15, 0.2) is 18.2 Å². The molecular weight excluding hydrogens is 220 g/mol. The van der Waals surface area contributed by atoms with E-state index in [1.165, 1.54) is 0 Å². The quantitative estimate of drug-likeness (QED) is 0.665. The van der Waals surface area contributed by atoms with Gasteiger partial charge in [-0.2, -0.15) is 10.2 Å². The molecule has 0 saturated heterocycles. The molecule has 2 N–H and O–H groups in total. The number of fused-ring (bicyclic) bond motifs is 1. The van der Waals surface area contributed by atoms with E-state index in [4.69, 9.17) is 0 Å². The minimum Gasteiger partial charge on any atom is -0.345 e. The number of H-pyrrole nitrogens is 1. The normalized spacial score (nSPS) is 10.9. The third-order valence-corrected chi connectivity index (χ3v) is 2.34. The smallest absolute Gasteiger partial charge is 0.243 e. The molecule has 0 spiro atoms. The van der Waals surface area contributed by atoms with Crippen LogP contribution in [-0.2, 0) is 6.54 Å². The number of nitrogens with one attached hydrogen (secondary N) is 2. The topological polar surface area (TPSA) is 96.7 Å². The minimum absolute atomic E-state index is 0.437. The Kier molecular flexibility index (Phi) is 2.18. The first-order chi connectivity index (χ1) is 8.33. The van der Waals surface area contributed by atoms with E-state index in [9.17, 15) is 0 Å². The van der Waals surface area contributed by atoms with Crippen molar-refractivity contribution in [2.45, 2.75) is 13.5 Å². The number of nitrogens with zero attached hydrogens (tertiary/aromatic N) is 6. The number of hydrogen-bond acceptors (Lipinski definition) is 6. The lowest BCUT2D eigenvalue weighted by molar-refractivity contribution is 0.881. The van der Waals surface area contributed by atoms with Crippen molar-refractivity contribution in [1.29, 1.82) is 0 Å². The Morgan fingerprint density at radius 1 is 1.41 bits per heavy atom. The SMILES string of the molecule is Cc1cccc2nc(NCc3nn[nH]n3)nn12. The summed E-state index contributed by atoms with van der Waals surface area (Å²) in [6, 6.07) is 5.83. The number of rotatable bonds is 3. The van der Waals surface area contributed by atoms with Crippen LogP contribution in [0.25, 0.3) is 5.65 Å². The molecule has 0 bridgehead atoms. The Balaban J connectivity index is 1.84. The second kappa shape index (κ2) is 3.81. The molecule has 0 atom stereocenters. The summed E-state index contributed by atoms with van der Waals surface area (Å²) in [7, 11) is 0. The van der Waals surface area contributed by atoms with Crippen LogP contribution in [0, 0.1) is 6.92 Å². The number of aromatic nitrogens is 7. The van der Waals surface area contributed by atoms with Gasteiger partial charge in [-0.25, -0.2) is 4.52 Å². The van der Waals surface area contributed by atoms with E-state index in [2.05, 4.69) is 36.0 Å². The maximum atomic E-state index is 4.33. The van der Waals surface area contributed by atoms with Crippen LogP contribution < -0.4 is 5.32 Å². The van der Waals surface area contributed by atoms with E-state index in [1.54, 1.807) is 4.52 Å². The molecule has 8 heteroatoms. The van der Waals surface area contributed by atoms with Crippen LogP contribution in [0.5, 0.6) is 0 Å². The zero-order valence-corrected chi connectivity index (χ0v) is 9.12. The van der Waals surface area contributed by atoms with Gasteiger partial charge in [-0.15, -0.1) is 15.3 Å². The van der Waals surface area contributed by atoms with Crippen molar-refractivity contribution in [2.75, 3.05) is 5.32 Å².